The summed E-state index contributed by atoms with van der Waals surface area (Å²) in [6.07, 6.45) is 1.43. The Hall–Kier alpha value is -2.95. The summed E-state index contributed by atoms with van der Waals surface area (Å²) in [5, 5.41) is 3.02. The first-order chi connectivity index (χ1) is 11.0. The van der Waals surface area contributed by atoms with Gasteiger partial charge in [0.25, 0.3) is 11.7 Å². The summed E-state index contributed by atoms with van der Waals surface area (Å²) in [7, 11) is 0. The molecule has 3 aromatic rings. The molecule has 0 spiro atoms. The van der Waals surface area contributed by atoms with Gasteiger partial charge in [0.2, 0.25) is 0 Å². The number of benzene rings is 2. The molecule has 0 fully saturated rings. The van der Waals surface area contributed by atoms with Gasteiger partial charge in [-0.2, -0.15) is 0 Å². The lowest BCUT2D eigenvalue weighted by Gasteiger charge is -2.09. The fourth-order valence-electron chi connectivity index (χ4n) is 2.47. The van der Waals surface area contributed by atoms with Crippen LogP contribution in [0.3, 0.4) is 0 Å². The molecule has 0 radical (unpaired) electrons. The van der Waals surface area contributed by atoms with Crippen molar-refractivity contribution in [3.63, 3.8) is 0 Å². The van der Waals surface area contributed by atoms with Crippen molar-refractivity contribution in [1.29, 1.82) is 0 Å². The number of nitrogens with one attached hydrogen (secondary N) is 2. The number of rotatable bonds is 3. The van der Waals surface area contributed by atoms with Gasteiger partial charge in [-0.1, -0.05) is 12.1 Å². The van der Waals surface area contributed by atoms with Crippen LogP contribution in [0.2, 0.25) is 0 Å². The number of halogens is 1. The molecule has 0 unspecified atom stereocenters. The van der Waals surface area contributed by atoms with Crippen LogP contribution in [0.4, 0.5) is 10.1 Å². The highest BCUT2D eigenvalue weighted by Crippen LogP contribution is 2.22. The Bertz CT molecular complexity index is 928. The first-order valence-electron chi connectivity index (χ1n) is 7.16. The Morgan fingerprint density at radius 2 is 1.91 bits per heavy atom. The largest absolute Gasteiger partial charge is 0.360 e. The highest BCUT2D eigenvalue weighted by Gasteiger charge is 2.21. The van der Waals surface area contributed by atoms with Gasteiger partial charge in [0.05, 0.1) is 5.56 Å². The molecule has 3 rings (SSSR count). The summed E-state index contributed by atoms with van der Waals surface area (Å²) < 4.78 is 13.4. The van der Waals surface area contributed by atoms with Crippen molar-refractivity contribution in [2.45, 2.75) is 13.8 Å². The number of aromatic nitrogens is 1. The Balaban J connectivity index is 1.91. The number of carbonyl (C=O) groups is 2. The van der Waals surface area contributed by atoms with Crippen molar-refractivity contribution in [3.8, 4) is 0 Å². The molecule has 0 saturated carbocycles. The van der Waals surface area contributed by atoms with Crippen LogP contribution in [0.15, 0.2) is 42.6 Å². The number of carbonyl (C=O) groups excluding carboxylic acids is 2. The van der Waals surface area contributed by atoms with Crippen LogP contribution < -0.4 is 5.32 Å². The quantitative estimate of drug-likeness (QED) is 0.572. The summed E-state index contributed by atoms with van der Waals surface area (Å²) in [6, 6.07) is 9.54. The molecule has 1 aromatic heterocycles. The highest BCUT2D eigenvalue weighted by molar-refractivity contribution is 6.48. The van der Waals surface area contributed by atoms with E-state index in [-0.39, 0.29) is 5.56 Å². The first-order valence-corrected chi connectivity index (χ1v) is 7.16. The smallest absolute Gasteiger partial charge is 0.296 e. The molecule has 5 heteroatoms. The SMILES string of the molecule is Cc1cccc(NC(=O)C(=O)c2c[nH]c3ccc(F)cc23)c1C. The zero-order valence-corrected chi connectivity index (χ0v) is 12.7. The molecule has 0 bridgehead atoms. The normalized spacial score (nSPS) is 10.7. The maximum atomic E-state index is 13.4. The number of Topliss-reactive ketones (excluding diaryl/α,β-unsaturated/α-hetero) is 1. The Morgan fingerprint density at radius 1 is 1.13 bits per heavy atom. The van der Waals surface area contributed by atoms with Crippen LogP contribution in [0.5, 0.6) is 0 Å². The van der Waals surface area contributed by atoms with Gasteiger partial charge in [-0.15, -0.1) is 0 Å². The molecule has 23 heavy (non-hydrogen) atoms. The zero-order chi connectivity index (χ0) is 16.6. The Labute approximate surface area is 132 Å². The predicted molar refractivity (Wildman–Crippen MR) is 87.1 cm³/mol. The molecule has 0 aliphatic heterocycles. The average molecular weight is 310 g/mol. The number of anilines is 1. The zero-order valence-electron chi connectivity index (χ0n) is 12.7. The van der Waals surface area contributed by atoms with Crippen molar-refractivity contribution < 1.29 is 14.0 Å². The second-order valence-electron chi connectivity index (χ2n) is 5.42. The van der Waals surface area contributed by atoms with Gasteiger partial charge in [0.1, 0.15) is 5.82 Å². The van der Waals surface area contributed by atoms with E-state index in [9.17, 15) is 14.0 Å². The minimum absolute atomic E-state index is 0.155. The van der Waals surface area contributed by atoms with Crippen LogP contribution in [-0.2, 0) is 4.79 Å². The maximum absolute atomic E-state index is 13.4. The average Bonchev–Trinajstić information content (AvgIpc) is 2.94. The summed E-state index contributed by atoms with van der Waals surface area (Å²) >= 11 is 0. The number of amides is 1. The number of hydrogen-bond acceptors (Lipinski definition) is 2. The fourth-order valence-corrected chi connectivity index (χ4v) is 2.47. The van der Waals surface area contributed by atoms with Gasteiger partial charge >= 0.3 is 0 Å². The molecule has 0 saturated heterocycles. The third-order valence-corrected chi connectivity index (χ3v) is 3.95. The van der Waals surface area contributed by atoms with E-state index in [1.807, 2.05) is 26.0 Å². The molecule has 4 nitrogen and oxygen atoms in total. The first kappa shape index (κ1) is 15.0. The van der Waals surface area contributed by atoms with E-state index in [2.05, 4.69) is 10.3 Å². The number of aromatic amines is 1. The van der Waals surface area contributed by atoms with Crippen molar-refractivity contribution >= 4 is 28.3 Å². The summed E-state index contributed by atoms with van der Waals surface area (Å²) in [5.74, 6) is -1.91. The Morgan fingerprint density at radius 3 is 2.70 bits per heavy atom. The van der Waals surface area contributed by atoms with Crippen molar-refractivity contribution in [2.75, 3.05) is 5.32 Å². The molecule has 0 atom stereocenters. The number of ketones is 1. The number of aryl methyl sites for hydroxylation is 1. The highest BCUT2D eigenvalue weighted by atomic mass is 19.1. The fraction of sp³-hybridized carbons (Fsp3) is 0.111. The van der Waals surface area contributed by atoms with Crippen LogP contribution in [0.25, 0.3) is 10.9 Å². The number of fused-ring (bicyclic) bond motifs is 1. The molecule has 1 heterocycles. The van der Waals surface area contributed by atoms with Gasteiger partial charge in [0, 0.05) is 22.8 Å². The molecular weight excluding hydrogens is 295 g/mol. The molecule has 1 amide bonds. The van der Waals surface area contributed by atoms with Crippen molar-refractivity contribution in [1.82, 2.24) is 4.98 Å². The maximum Gasteiger partial charge on any atom is 0.296 e. The van der Waals surface area contributed by atoms with Crippen LogP contribution >= 0.6 is 0 Å². The number of H-pyrrole nitrogens is 1. The minimum Gasteiger partial charge on any atom is -0.360 e. The predicted octanol–water partition coefficient (Wildman–Crippen LogP) is 3.75. The van der Waals surface area contributed by atoms with Crippen LogP contribution in [0, 0.1) is 19.7 Å². The second-order valence-corrected chi connectivity index (χ2v) is 5.42. The lowest BCUT2D eigenvalue weighted by atomic mass is 10.1. The van der Waals surface area contributed by atoms with E-state index in [0.717, 1.165) is 11.1 Å². The summed E-state index contributed by atoms with van der Waals surface area (Å²) in [6.45, 7) is 3.80. The van der Waals surface area contributed by atoms with Crippen LogP contribution in [0.1, 0.15) is 21.5 Å². The van der Waals surface area contributed by atoms with Gasteiger partial charge in [-0.05, 0) is 49.2 Å². The standard InChI is InChI=1S/C18H15FN2O2/c1-10-4-3-5-15(11(10)2)21-18(23)17(22)14-9-20-16-7-6-12(19)8-13(14)16/h3-9,20H,1-2H3,(H,21,23). The summed E-state index contributed by atoms with van der Waals surface area (Å²) in [5.41, 5.74) is 3.27. The molecule has 0 aliphatic carbocycles. The van der Waals surface area contributed by atoms with E-state index < -0.39 is 17.5 Å². The van der Waals surface area contributed by atoms with Gasteiger partial charge in [-0.3, -0.25) is 9.59 Å². The lowest BCUT2D eigenvalue weighted by molar-refractivity contribution is -0.112. The second kappa shape index (κ2) is 5.68. The molecule has 0 aliphatic rings. The molecule has 116 valence electrons. The molecule has 2 N–H and O–H groups in total. The third kappa shape index (κ3) is 2.73. The topological polar surface area (TPSA) is 62.0 Å². The monoisotopic (exact) mass is 310 g/mol. The number of hydrogen-bond donors (Lipinski definition) is 2. The van der Waals surface area contributed by atoms with Gasteiger partial charge < -0.3 is 10.3 Å². The van der Waals surface area contributed by atoms with Gasteiger partial charge in [0.15, 0.2) is 0 Å². The Kier molecular flexibility index (Phi) is 3.70. The third-order valence-electron chi connectivity index (χ3n) is 3.95. The van der Waals surface area contributed by atoms with Crippen molar-refractivity contribution in [2.24, 2.45) is 0 Å². The minimum atomic E-state index is -0.746. The van der Waals surface area contributed by atoms with Gasteiger partial charge in [-0.25, -0.2) is 4.39 Å². The van der Waals surface area contributed by atoms with E-state index in [4.69, 9.17) is 0 Å². The molecular formula is C18H15FN2O2. The summed E-state index contributed by atoms with van der Waals surface area (Å²) in [4.78, 5) is 27.5. The van der Waals surface area contributed by atoms with E-state index in [1.165, 1.54) is 24.4 Å². The van der Waals surface area contributed by atoms with E-state index in [0.29, 0.717) is 16.6 Å². The van der Waals surface area contributed by atoms with E-state index >= 15 is 0 Å². The van der Waals surface area contributed by atoms with E-state index in [1.54, 1.807) is 6.07 Å². The lowest BCUT2D eigenvalue weighted by Crippen LogP contribution is -2.23. The van der Waals surface area contributed by atoms with Crippen molar-refractivity contribution in [3.05, 3.63) is 65.1 Å². The molecule has 2 aromatic carbocycles. The van der Waals surface area contributed by atoms with Crippen LogP contribution in [-0.4, -0.2) is 16.7 Å².